The molecule has 0 saturated heterocycles. The van der Waals surface area contributed by atoms with Gasteiger partial charge in [0.1, 0.15) is 0 Å². The molecule has 0 aliphatic heterocycles. The highest BCUT2D eigenvalue weighted by Gasteiger charge is 1.92. The largest absolute Gasteiger partial charge is 0.0942 e. The number of rotatable bonds is 12. The molecular weight excluding hydrogens is 200 g/mol. The van der Waals surface area contributed by atoms with Crippen molar-refractivity contribution < 1.29 is 0 Å². The van der Waals surface area contributed by atoms with E-state index in [1.807, 2.05) is 0 Å². The highest BCUT2D eigenvalue weighted by Crippen LogP contribution is 2.11. The minimum absolute atomic E-state index is 0.956. The zero-order valence-electron chi connectivity index (χ0n) is 10.6. The monoisotopic (exact) mass is 229 g/mol. The first-order chi connectivity index (χ1) is 7.41. The van der Waals surface area contributed by atoms with Gasteiger partial charge in [0.25, 0.3) is 0 Å². The third-order valence-corrected chi connectivity index (χ3v) is 3.29. The molecule has 0 heterocycles. The average molecular weight is 229 g/mol. The summed E-state index contributed by atoms with van der Waals surface area (Å²) in [6, 6.07) is 0. The lowest BCUT2D eigenvalue weighted by molar-refractivity contribution is 0.548. The molecule has 0 amide bonds. The van der Waals surface area contributed by atoms with Crippen LogP contribution < -0.4 is 0 Å². The first-order valence-electron chi connectivity index (χ1n) is 7.00. The summed E-state index contributed by atoms with van der Waals surface area (Å²) in [6.07, 6.45) is 17.0. The van der Waals surface area contributed by atoms with Crippen molar-refractivity contribution in [1.82, 2.24) is 0 Å². The maximum absolute atomic E-state index is 4.92. The molecule has 0 bridgehead atoms. The lowest BCUT2D eigenvalue weighted by atomic mass is 10.1. The van der Waals surface area contributed by atoms with Gasteiger partial charge in [0.05, 0.1) is 0 Å². The lowest BCUT2D eigenvalue weighted by Crippen LogP contribution is -1.82. The molecule has 15 heavy (non-hydrogen) atoms. The van der Waals surface area contributed by atoms with Crippen LogP contribution in [0.2, 0.25) is 0 Å². The maximum atomic E-state index is 4.92. The Kier molecular flexibility index (Phi) is 14.7. The zero-order valence-corrected chi connectivity index (χ0v) is 11.4. The van der Waals surface area contributed by atoms with Crippen molar-refractivity contribution in [1.29, 1.82) is 0 Å². The Morgan fingerprint density at radius 1 is 0.533 bits per heavy atom. The summed E-state index contributed by atoms with van der Waals surface area (Å²) in [6.45, 7) is 2.28. The van der Waals surface area contributed by atoms with Gasteiger partial charge in [-0.15, -0.1) is 0 Å². The predicted octanol–water partition coefficient (Wildman–Crippen LogP) is 5.89. The highest BCUT2D eigenvalue weighted by molar-refractivity contribution is 7.80. The SMILES string of the molecule is CCCCCCCCCCCCCC[S]. The van der Waals surface area contributed by atoms with Crippen molar-refractivity contribution in [2.24, 2.45) is 0 Å². The second-order valence-electron chi connectivity index (χ2n) is 4.59. The van der Waals surface area contributed by atoms with Crippen LogP contribution in [0.1, 0.15) is 84.0 Å². The van der Waals surface area contributed by atoms with Gasteiger partial charge in [-0.25, -0.2) is 0 Å². The van der Waals surface area contributed by atoms with E-state index in [9.17, 15) is 0 Å². The van der Waals surface area contributed by atoms with Gasteiger partial charge < -0.3 is 0 Å². The normalized spacial score (nSPS) is 10.8. The summed E-state index contributed by atoms with van der Waals surface area (Å²) in [7, 11) is 0. The van der Waals surface area contributed by atoms with E-state index in [4.69, 9.17) is 12.6 Å². The van der Waals surface area contributed by atoms with Gasteiger partial charge in [-0.1, -0.05) is 90.2 Å². The Labute approximate surface area is 103 Å². The van der Waals surface area contributed by atoms with Crippen LogP contribution in [0.25, 0.3) is 0 Å². The summed E-state index contributed by atoms with van der Waals surface area (Å²) >= 11 is 4.92. The van der Waals surface area contributed by atoms with Gasteiger partial charge in [-0.2, -0.15) is 0 Å². The molecule has 0 rings (SSSR count). The smallest absolute Gasteiger partial charge is 0.00369 e. The molecule has 0 fully saturated rings. The van der Waals surface area contributed by atoms with Crippen molar-refractivity contribution >= 4 is 12.6 Å². The van der Waals surface area contributed by atoms with Crippen LogP contribution in [0.4, 0.5) is 0 Å². The molecule has 0 unspecified atom stereocenters. The molecule has 0 aliphatic carbocycles. The van der Waals surface area contributed by atoms with Gasteiger partial charge in [-0.3, -0.25) is 0 Å². The summed E-state index contributed by atoms with van der Waals surface area (Å²) < 4.78 is 0. The van der Waals surface area contributed by atoms with Crippen LogP contribution in [0.5, 0.6) is 0 Å². The predicted molar refractivity (Wildman–Crippen MR) is 73.5 cm³/mol. The van der Waals surface area contributed by atoms with E-state index in [2.05, 4.69) is 6.92 Å². The minimum Gasteiger partial charge on any atom is -0.0942 e. The topological polar surface area (TPSA) is 0 Å². The molecule has 0 aromatic carbocycles. The summed E-state index contributed by atoms with van der Waals surface area (Å²) in [5.41, 5.74) is 0. The Morgan fingerprint density at radius 3 is 1.20 bits per heavy atom. The fraction of sp³-hybridized carbons (Fsp3) is 1.00. The molecule has 0 saturated carbocycles. The van der Waals surface area contributed by atoms with E-state index in [-0.39, 0.29) is 0 Å². The fourth-order valence-electron chi connectivity index (χ4n) is 1.94. The third kappa shape index (κ3) is 14.4. The van der Waals surface area contributed by atoms with Crippen molar-refractivity contribution in [3.63, 3.8) is 0 Å². The molecule has 0 spiro atoms. The van der Waals surface area contributed by atoms with Gasteiger partial charge in [-0.05, 0) is 6.42 Å². The maximum Gasteiger partial charge on any atom is 0.00369 e. The van der Waals surface area contributed by atoms with E-state index in [0.717, 1.165) is 5.75 Å². The standard InChI is InChI=1S/C14H29S/c1-2-3-4-5-6-7-8-9-10-11-12-13-14-15/h2-14H2,1H3. The van der Waals surface area contributed by atoms with Crippen LogP contribution in [-0.4, -0.2) is 5.75 Å². The number of hydrogen-bond donors (Lipinski definition) is 0. The van der Waals surface area contributed by atoms with E-state index in [0.29, 0.717) is 0 Å². The molecule has 0 atom stereocenters. The summed E-state index contributed by atoms with van der Waals surface area (Å²) in [5, 5.41) is 0. The molecule has 0 N–H and O–H groups in total. The van der Waals surface area contributed by atoms with Crippen molar-refractivity contribution in [2.45, 2.75) is 84.0 Å². The second kappa shape index (κ2) is 14.3. The molecular formula is C14H29S. The third-order valence-electron chi connectivity index (χ3n) is 3.00. The van der Waals surface area contributed by atoms with E-state index in [1.54, 1.807) is 0 Å². The molecule has 0 aliphatic rings. The summed E-state index contributed by atoms with van der Waals surface area (Å²) in [4.78, 5) is 0. The Hall–Kier alpha value is 0.350. The van der Waals surface area contributed by atoms with Crippen molar-refractivity contribution in [3.8, 4) is 0 Å². The second-order valence-corrected chi connectivity index (χ2v) is 5.00. The van der Waals surface area contributed by atoms with E-state index >= 15 is 0 Å². The molecule has 0 aromatic heterocycles. The van der Waals surface area contributed by atoms with Crippen LogP contribution in [0, 0.1) is 0 Å². The molecule has 0 aromatic rings. The Bertz CT molecular complexity index is 89.5. The highest BCUT2D eigenvalue weighted by atomic mass is 32.1. The fourth-order valence-corrected chi connectivity index (χ4v) is 2.15. The lowest BCUT2D eigenvalue weighted by Gasteiger charge is -2.01. The average Bonchev–Trinajstić information content (AvgIpc) is 2.26. The molecule has 1 radical (unpaired) electrons. The Balaban J connectivity index is 2.81. The van der Waals surface area contributed by atoms with Gasteiger partial charge >= 0.3 is 0 Å². The Morgan fingerprint density at radius 2 is 0.867 bits per heavy atom. The zero-order chi connectivity index (χ0) is 11.2. The molecule has 1 heteroatoms. The van der Waals surface area contributed by atoms with E-state index in [1.165, 1.54) is 77.0 Å². The molecule has 0 nitrogen and oxygen atoms in total. The first kappa shape index (κ1) is 15.3. The van der Waals surface area contributed by atoms with E-state index < -0.39 is 0 Å². The van der Waals surface area contributed by atoms with Crippen LogP contribution in [0.3, 0.4) is 0 Å². The first-order valence-corrected chi connectivity index (χ1v) is 7.57. The van der Waals surface area contributed by atoms with Gasteiger partial charge in [0.2, 0.25) is 0 Å². The number of hydrogen-bond acceptors (Lipinski definition) is 0. The van der Waals surface area contributed by atoms with Crippen LogP contribution in [-0.2, 0) is 0 Å². The quantitative estimate of drug-likeness (QED) is 0.366. The number of unbranched alkanes of at least 4 members (excludes halogenated alkanes) is 11. The van der Waals surface area contributed by atoms with Crippen molar-refractivity contribution in [2.75, 3.05) is 5.75 Å². The molecule has 91 valence electrons. The summed E-state index contributed by atoms with van der Waals surface area (Å²) in [5.74, 6) is 0.956. The van der Waals surface area contributed by atoms with Crippen LogP contribution >= 0.6 is 12.6 Å². The minimum atomic E-state index is 0.956. The van der Waals surface area contributed by atoms with Crippen molar-refractivity contribution in [3.05, 3.63) is 0 Å². The van der Waals surface area contributed by atoms with Gasteiger partial charge in [0, 0.05) is 5.75 Å². The van der Waals surface area contributed by atoms with Crippen LogP contribution in [0.15, 0.2) is 0 Å². The van der Waals surface area contributed by atoms with Gasteiger partial charge in [0.15, 0.2) is 0 Å².